The van der Waals surface area contributed by atoms with Crippen LogP contribution in [0.15, 0.2) is 36.5 Å². The first-order chi connectivity index (χ1) is 10.4. The number of nitrogens with one attached hydrogen (secondary N) is 1. The van der Waals surface area contributed by atoms with E-state index in [0.29, 0.717) is 18.0 Å². The molecule has 3 rings (SSSR count). The highest BCUT2D eigenvalue weighted by atomic mass is 35.5. The number of nitrogens with zero attached hydrogens (tertiary/aromatic N) is 4. The van der Waals surface area contributed by atoms with Crippen LogP contribution in [0.2, 0.25) is 5.28 Å². The molecule has 7 heteroatoms. The molecule has 0 unspecified atom stereocenters. The van der Waals surface area contributed by atoms with Gasteiger partial charge in [0.15, 0.2) is 5.65 Å². The van der Waals surface area contributed by atoms with Gasteiger partial charge in [0.25, 0.3) is 0 Å². The van der Waals surface area contributed by atoms with E-state index in [-0.39, 0.29) is 5.28 Å². The smallest absolute Gasteiger partial charge is 0.226 e. The summed E-state index contributed by atoms with van der Waals surface area (Å²) in [6.07, 6.45) is 1.69. The van der Waals surface area contributed by atoms with E-state index in [2.05, 4.69) is 20.4 Å². The molecule has 0 amide bonds. The summed E-state index contributed by atoms with van der Waals surface area (Å²) >= 11 is 6.02. The molecular formula is C15H16ClN5O. The fourth-order valence-electron chi connectivity index (χ4n) is 2.07. The van der Waals surface area contributed by atoms with E-state index in [9.17, 15) is 5.11 Å². The van der Waals surface area contributed by atoms with E-state index in [4.69, 9.17) is 11.6 Å². The lowest BCUT2D eigenvalue weighted by molar-refractivity contribution is 0.0944. The minimum atomic E-state index is -0.862. The summed E-state index contributed by atoms with van der Waals surface area (Å²) in [7, 11) is 0. The Morgan fingerprint density at radius 3 is 2.64 bits per heavy atom. The Labute approximate surface area is 132 Å². The van der Waals surface area contributed by atoms with Crippen molar-refractivity contribution in [3.8, 4) is 5.69 Å². The van der Waals surface area contributed by atoms with Crippen molar-refractivity contribution < 1.29 is 5.11 Å². The van der Waals surface area contributed by atoms with Crippen molar-refractivity contribution in [2.45, 2.75) is 19.4 Å². The van der Waals surface area contributed by atoms with E-state index in [1.165, 1.54) is 0 Å². The maximum atomic E-state index is 9.84. The number of aromatic nitrogens is 4. The zero-order valence-corrected chi connectivity index (χ0v) is 13.0. The largest absolute Gasteiger partial charge is 0.389 e. The van der Waals surface area contributed by atoms with E-state index in [1.54, 1.807) is 24.7 Å². The molecule has 0 spiro atoms. The summed E-state index contributed by atoms with van der Waals surface area (Å²) in [4.78, 5) is 8.46. The molecule has 0 saturated heterocycles. The first-order valence-electron chi connectivity index (χ1n) is 6.87. The van der Waals surface area contributed by atoms with Gasteiger partial charge >= 0.3 is 0 Å². The normalized spacial score (nSPS) is 11.8. The highest BCUT2D eigenvalue weighted by Gasteiger charge is 2.16. The standard InChI is InChI=1S/C15H16ClN5O/c1-15(2,22)9-17-12-11-8-18-21(10-6-4-3-5-7-10)13(11)20-14(16)19-12/h3-8,22H,9H2,1-2H3,(H,17,19,20). The molecule has 0 radical (unpaired) electrons. The van der Waals surface area contributed by atoms with Gasteiger partial charge < -0.3 is 10.4 Å². The second-order valence-electron chi connectivity index (χ2n) is 5.64. The third kappa shape index (κ3) is 3.03. The third-order valence-electron chi connectivity index (χ3n) is 3.09. The lowest BCUT2D eigenvalue weighted by Crippen LogP contribution is -2.29. The number of aliphatic hydroxyl groups is 1. The number of rotatable bonds is 4. The fourth-order valence-corrected chi connectivity index (χ4v) is 2.24. The van der Waals surface area contributed by atoms with Crippen LogP contribution in [0.25, 0.3) is 16.7 Å². The lowest BCUT2D eigenvalue weighted by Gasteiger charge is -2.18. The second kappa shape index (κ2) is 5.55. The van der Waals surface area contributed by atoms with Crippen molar-refractivity contribution in [3.05, 3.63) is 41.8 Å². The zero-order chi connectivity index (χ0) is 15.7. The van der Waals surface area contributed by atoms with Gasteiger partial charge in [0.05, 0.1) is 22.9 Å². The highest BCUT2D eigenvalue weighted by molar-refractivity contribution is 6.28. The molecule has 0 aliphatic carbocycles. The molecule has 3 aromatic rings. The van der Waals surface area contributed by atoms with Gasteiger partial charge in [-0.1, -0.05) is 18.2 Å². The van der Waals surface area contributed by atoms with Gasteiger partial charge in [-0.25, -0.2) is 4.68 Å². The maximum Gasteiger partial charge on any atom is 0.226 e. The Bertz CT molecular complexity index is 795. The topological polar surface area (TPSA) is 75.9 Å². The number of hydrogen-bond acceptors (Lipinski definition) is 5. The molecule has 1 aromatic carbocycles. The monoisotopic (exact) mass is 317 g/mol. The van der Waals surface area contributed by atoms with Crippen LogP contribution in [0, 0.1) is 0 Å². The van der Waals surface area contributed by atoms with Gasteiger partial charge in [-0.3, -0.25) is 0 Å². The van der Waals surface area contributed by atoms with Crippen molar-refractivity contribution in [1.82, 2.24) is 19.7 Å². The van der Waals surface area contributed by atoms with Crippen molar-refractivity contribution in [2.24, 2.45) is 0 Å². The Kier molecular flexibility index (Phi) is 3.72. The first-order valence-corrected chi connectivity index (χ1v) is 7.25. The van der Waals surface area contributed by atoms with Crippen LogP contribution in [0.3, 0.4) is 0 Å². The summed E-state index contributed by atoms with van der Waals surface area (Å²) in [5.41, 5.74) is 0.643. The lowest BCUT2D eigenvalue weighted by atomic mass is 10.1. The Balaban J connectivity index is 2.07. The van der Waals surface area contributed by atoms with Gasteiger partial charge in [-0.05, 0) is 37.6 Å². The van der Waals surface area contributed by atoms with Crippen LogP contribution in [0.4, 0.5) is 5.82 Å². The number of benzene rings is 1. The zero-order valence-electron chi connectivity index (χ0n) is 12.3. The summed E-state index contributed by atoms with van der Waals surface area (Å²) in [6.45, 7) is 3.77. The van der Waals surface area contributed by atoms with Crippen LogP contribution < -0.4 is 5.32 Å². The third-order valence-corrected chi connectivity index (χ3v) is 3.26. The number of anilines is 1. The van der Waals surface area contributed by atoms with Gasteiger partial charge in [-0.2, -0.15) is 15.1 Å². The van der Waals surface area contributed by atoms with Crippen LogP contribution >= 0.6 is 11.6 Å². The molecule has 2 heterocycles. The molecule has 2 N–H and O–H groups in total. The Morgan fingerprint density at radius 1 is 1.23 bits per heavy atom. The molecule has 0 aliphatic heterocycles. The van der Waals surface area contributed by atoms with Crippen LogP contribution in [-0.4, -0.2) is 37.0 Å². The van der Waals surface area contributed by atoms with Crippen molar-refractivity contribution in [1.29, 1.82) is 0 Å². The second-order valence-corrected chi connectivity index (χ2v) is 5.97. The minimum absolute atomic E-state index is 0.128. The van der Waals surface area contributed by atoms with Crippen LogP contribution in [0.1, 0.15) is 13.8 Å². The molecule has 6 nitrogen and oxygen atoms in total. The molecule has 0 saturated carbocycles. The average Bonchev–Trinajstić information content (AvgIpc) is 2.88. The number of fused-ring (bicyclic) bond motifs is 1. The SMILES string of the molecule is CC(C)(O)CNc1nc(Cl)nc2c1cnn2-c1ccccc1. The Morgan fingerprint density at radius 2 is 1.95 bits per heavy atom. The van der Waals surface area contributed by atoms with Crippen LogP contribution in [-0.2, 0) is 0 Å². The quantitative estimate of drug-likeness (QED) is 0.723. The summed E-state index contributed by atoms with van der Waals surface area (Å²) in [5, 5.41) is 18.2. The number of hydrogen-bond donors (Lipinski definition) is 2. The molecular weight excluding hydrogens is 302 g/mol. The molecule has 114 valence electrons. The van der Waals surface area contributed by atoms with Crippen molar-refractivity contribution in [3.63, 3.8) is 0 Å². The number of para-hydroxylation sites is 1. The van der Waals surface area contributed by atoms with Crippen molar-refractivity contribution in [2.75, 3.05) is 11.9 Å². The highest BCUT2D eigenvalue weighted by Crippen LogP contribution is 2.24. The number of halogens is 1. The van der Waals surface area contributed by atoms with E-state index < -0.39 is 5.60 Å². The fraction of sp³-hybridized carbons (Fsp3) is 0.267. The Hall–Kier alpha value is -2.18. The van der Waals surface area contributed by atoms with E-state index in [1.807, 2.05) is 30.3 Å². The van der Waals surface area contributed by atoms with Gasteiger partial charge in [0, 0.05) is 6.54 Å². The molecule has 0 atom stereocenters. The van der Waals surface area contributed by atoms with E-state index in [0.717, 1.165) is 11.1 Å². The van der Waals surface area contributed by atoms with Crippen molar-refractivity contribution >= 4 is 28.5 Å². The summed E-state index contributed by atoms with van der Waals surface area (Å²) in [5.74, 6) is 0.555. The molecule has 2 aromatic heterocycles. The molecule has 0 fully saturated rings. The molecule has 22 heavy (non-hydrogen) atoms. The summed E-state index contributed by atoms with van der Waals surface area (Å²) < 4.78 is 1.71. The molecule has 0 bridgehead atoms. The minimum Gasteiger partial charge on any atom is -0.389 e. The van der Waals surface area contributed by atoms with E-state index >= 15 is 0 Å². The maximum absolute atomic E-state index is 9.84. The van der Waals surface area contributed by atoms with Gasteiger partial charge in [0.1, 0.15) is 5.82 Å². The van der Waals surface area contributed by atoms with Crippen LogP contribution in [0.5, 0.6) is 0 Å². The summed E-state index contributed by atoms with van der Waals surface area (Å²) in [6, 6.07) is 9.67. The predicted octanol–water partition coefficient (Wildman–Crippen LogP) is 2.65. The predicted molar refractivity (Wildman–Crippen MR) is 86.5 cm³/mol. The van der Waals surface area contributed by atoms with Gasteiger partial charge in [-0.15, -0.1) is 0 Å². The first kappa shape index (κ1) is 14.7. The molecule has 0 aliphatic rings. The average molecular weight is 318 g/mol. The van der Waals surface area contributed by atoms with Gasteiger partial charge in [0.2, 0.25) is 5.28 Å².